The predicted octanol–water partition coefficient (Wildman–Crippen LogP) is 2.21. The van der Waals surface area contributed by atoms with E-state index in [0.717, 1.165) is 25.9 Å². The number of nitrogens with zero attached hydrogens (tertiary/aromatic N) is 2. The topological polar surface area (TPSA) is 61.9 Å². The highest BCUT2D eigenvalue weighted by molar-refractivity contribution is 7.09. The monoisotopic (exact) mass is 407 g/mol. The molecule has 156 valence electrons. The van der Waals surface area contributed by atoms with E-state index in [0.29, 0.717) is 25.6 Å². The minimum Gasteiger partial charge on any atom is -0.383 e. The molecule has 6 nitrogen and oxygen atoms in total. The third-order valence-corrected chi connectivity index (χ3v) is 6.86. The van der Waals surface area contributed by atoms with Crippen molar-refractivity contribution in [3.8, 4) is 0 Å². The van der Waals surface area contributed by atoms with E-state index < -0.39 is 0 Å². The van der Waals surface area contributed by atoms with Crippen LogP contribution < -0.4 is 5.32 Å². The Hall–Kier alpha value is -1.44. The summed E-state index contributed by atoms with van der Waals surface area (Å²) in [6.45, 7) is 7.87. The van der Waals surface area contributed by atoms with Crippen LogP contribution in [0.15, 0.2) is 17.5 Å². The number of carbonyl (C=O) groups excluding carboxylic acids is 2. The highest BCUT2D eigenvalue weighted by Gasteiger charge is 2.64. The molecule has 2 fully saturated rings. The largest absolute Gasteiger partial charge is 0.383 e. The Labute approximate surface area is 172 Å². The zero-order valence-corrected chi connectivity index (χ0v) is 18.3. The highest BCUT2D eigenvalue weighted by Crippen LogP contribution is 2.60. The molecule has 28 heavy (non-hydrogen) atoms. The fraction of sp³-hybridized carbons (Fsp3) is 0.714. The van der Waals surface area contributed by atoms with E-state index in [9.17, 15) is 9.59 Å². The Morgan fingerprint density at radius 3 is 2.82 bits per heavy atom. The molecule has 1 aliphatic carbocycles. The third kappa shape index (κ3) is 4.58. The zero-order chi connectivity index (χ0) is 20.3. The minimum atomic E-state index is -0.116. The Balaban J connectivity index is 1.70. The lowest BCUT2D eigenvalue weighted by atomic mass is 9.98. The van der Waals surface area contributed by atoms with Gasteiger partial charge in [-0.2, -0.15) is 0 Å². The number of rotatable bonds is 9. The summed E-state index contributed by atoms with van der Waals surface area (Å²) in [5.74, 6) is 0.804. The molecule has 3 rings (SSSR count). The molecule has 1 aromatic rings. The predicted molar refractivity (Wildman–Crippen MR) is 111 cm³/mol. The maximum absolute atomic E-state index is 13.3. The molecule has 1 spiro atoms. The van der Waals surface area contributed by atoms with Crippen LogP contribution in [0.1, 0.15) is 31.6 Å². The molecule has 2 aliphatic rings. The average Bonchev–Trinajstić information content (AvgIpc) is 2.97. The van der Waals surface area contributed by atoms with E-state index in [2.05, 4.69) is 30.1 Å². The molecule has 0 aromatic carbocycles. The summed E-state index contributed by atoms with van der Waals surface area (Å²) in [6, 6.07) is 3.98. The van der Waals surface area contributed by atoms with E-state index in [-0.39, 0.29) is 29.2 Å². The molecule has 1 aliphatic heterocycles. The first-order valence-electron chi connectivity index (χ1n) is 10.2. The molecule has 2 heterocycles. The Bertz CT molecular complexity index is 678. The van der Waals surface area contributed by atoms with Crippen LogP contribution in [0.4, 0.5) is 0 Å². The normalized spacial score (nSPS) is 26.8. The van der Waals surface area contributed by atoms with Crippen LogP contribution in [0.2, 0.25) is 0 Å². The molecule has 3 atom stereocenters. The van der Waals surface area contributed by atoms with E-state index in [1.54, 1.807) is 25.5 Å². The first-order chi connectivity index (χ1) is 13.4. The lowest BCUT2D eigenvalue weighted by Crippen LogP contribution is -2.43. The molecule has 1 aromatic heterocycles. The van der Waals surface area contributed by atoms with Crippen molar-refractivity contribution in [3.63, 3.8) is 0 Å². The second kappa shape index (κ2) is 8.93. The molecule has 7 heteroatoms. The van der Waals surface area contributed by atoms with Gasteiger partial charge in [0.1, 0.15) is 0 Å². The van der Waals surface area contributed by atoms with Crippen LogP contribution >= 0.6 is 11.3 Å². The lowest BCUT2D eigenvalue weighted by molar-refractivity contribution is -0.134. The first-order valence-corrected chi connectivity index (χ1v) is 11.0. The van der Waals surface area contributed by atoms with Crippen molar-refractivity contribution in [3.05, 3.63) is 22.4 Å². The van der Waals surface area contributed by atoms with E-state index >= 15 is 0 Å². The standard InChI is InChI=1S/C21H33N3O3S/c1-15(2)12-24-14-21(11-18(24)19(25)22-3)10-17(21)20(26)23(7-8-27-4)13-16-6-5-9-28-16/h5-6,9,15,17-18H,7-8,10-14H2,1-4H3,(H,22,25)/t17-,18+,21+/m1/s1. The number of methoxy groups -OCH3 is 1. The van der Waals surface area contributed by atoms with Crippen molar-refractivity contribution in [2.75, 3.05) is 40.4 Å². The second-order valence-corrected chi connectivity index (χ2v) is 9.64. The number of thiophene rings is 1. The number of hydrogen-bond donors (Lipinski definition) is 1. The van der Waals surface area contributed by atoms with Crippen LogP contribution in [0, 0.1) is 17.3 Å². The SMILES string of the molecule is CNC(=O)[C@@H]1C[C@@]2(C[C@@H]2C(=O)N(CCOC)Cc2cccs2)CN1CC(C)C. The van der Waals surface area contributed by atoms with Gasteiger partial charge in [-0.05, 0) is 35.6 Å². The molecular weight excluding hydrogens is 374 g/mol. The van der Waals surface area contributed by atoms with Crippen molar-refractivity contribution in [1.29, 1.82) is 0 Å². The molecule has 1 saturated carbocycles. The van der Waals surface area contributed by atoms with Crippen LogP contribution in [-0.4, -0.2) is 68.1 Å². The van der Waals surface area contributed by atoms with Gasteiger partial charge < -0.3 is 15.0 Å². The van der Waals surface area contributed by atoms with E-state index in [4.69, 9.17) is 4.74 Å². The fourth-order valence-electron chi connectivity index (χ4n) is 4.56. The number of amides is 2. The van der Waals surface area contributed by atoms with E-state index in [1.807, 2.05) is 16.3 Å². The van der Waals surface area contributed by atoms with Crippen LogP contribution in [-0.2, 0) is 20.9 Å². The van der Waals surface area contributed by atoms with Gasteiger partial charge in [-0.15, -0.1) is 11.3 Å². The first kappa shape index (κ1) is 21.3. The van der Waals surface area contributed by atoms with Crippen molar-refractivity contribution in [2.45, 2.75) is 39.3 Å². The maximum atomic E-state index is 13.3. The summed E-state index contributed by atoms with van der Waals surface area (Å²) in [6.07, 6.45) is 1.68. The van der Waals surface area contributed by atoms with E-state index in [1.165, 1.54) is 4.88 Å². The number of likely N-dealkylation sites (tertiary alicyclic amines) is 1. The third-order valence-electron chi connectivity index (χ3n) is 6.00. The molecule has 0 unspecified atom stereocenters. The van der Waals surface area contributed by atoms with Gasteiger partial charge in [0.05, 0.1) is 19.2 Å². The van der Waals surface area contributed by atoms with Gasteiger partial charge in [0.2, 0.25) is 11.8 Å². The quantitative estimate of drug-likeness (QED) is 0.682. The summed E-state index contributed by atoms with van der Waals surface area (Å²) >= 11 is 1.68. The number of hydrogen-bond acceptors (Lipinski definition) is 5. The highest BCUT2D eigenvalue weighted by atomic mass is 32.1. The van der Waals surface area contributed by atoms with Crippen molar-refractivity contribution in [1.82, 2.24) is 15.1 Å². The Kier molecular flexibility index (Phi) is 6.78. The fourth-order valence-corrected chi connectivity index (χ4v) is 5.28. The summed E-state index contributed by atoms with van der Waals surface area (Å²) in [4.78, 5) is 31.2. The van der Waals surface area contributed by atoms with Gasteiger partial charge in [-0.3, -0.25) is 14.5 Å². The van der Waals surface area contributed by atoms with Gasteiger partial charge in [-0.1, -0.05) is 19.9 Å². The maximum Gasteiger partial charge on any atom is 0.237 e. The van der Waals surface area contributed by atoms with Gasteiger partial charge in [0.25, 0.3) is 0 Å². The summed E-state index contributed by atoms with van der Waals surface area (Å²) < 4.78 is 5.23. The summed E-state index contributed by atoms with van der Waals surface area (Å²) in [5, 5.41) is 4.85. The second-order valence-electron chi connectivity index (χ2n) is 8.61. The van der Waals surface area contributed by atoms with Gasteiger partial charge in [0.15, 0.2) is 0 Å². The Morgan fingerprint density at radius 2 is 2.21 bits per heavy atom. The molecular formula is C21H33N3O3S. The minimum absolute atomic E-state index is 0.0219. The molecule has 1 N–H and O–H groups in total. The van der Waals surface area contributed by atoms with Gasteiger partial charge >= 0.3 is 0 Å². The lowest BCUT2D eigenvalue weighted by Gasteiger charge is -2.25. The van der Waals surface area contributed by atoms with Crippen molar-refractivity contribution < 1.29 is 14.3 Å². The average molecular weight is 408 g/mol. The van der Waals surface area contributed by atoms with Crippen LogP contribution in [0.5, 0.6) is 0 Å². The molecule has 2 amide bonds. The number of ether oxygens (including phenoxy) is 1. The number of nitrogens with one attached hydrogen (secondary N) is 1. The molecule has 1 saturated heterocycles. The zero-order valence-electron chi connectivity index (χ0n) is 17.4. The van der Waals surface area contributed by atoms with Crippen molar-refractivity contribution in [2.24, 2.45) is 17.3 Å². The van der Waals surface area contributed by atoms with Crippen molar-refractivity contribution >= 4 is 23.2 Å². The number of likely N-dealkylation sites (N-methyl/N-ethyl adjacent to an activating group) is 1. The molecule has 0 bridgehead atoms. The Morgan fingerprint density at radius 1 is 1.43 bits per heavy atom. The molecule has 0 radical (unpaired) electrons. The van der Waals surface area contributed by atoms with Crippen LogP contribution in [0.3, 0.4) is 0 Å². The van der Waals surface area contributed by atoms with Gasteiger partial charge in [0, 0.05) is 44.6 Å². The summed E-state index contributed by atoms with van der Waals surface area (Å²) in [7, 11) is 3.37. The number of carbonyl (C=O) groups is 2. The summed E-state index contributed by atoms with van der Waals surface area (Å²) in [5.41, 5.74) is -0.0378. The van der Waals surface area contributed by atoms with Crippen LogP contribution in [0.25, 0.3) is 0 Å². The van der Waals surface area contributed by atoms with Gasteiger partial charge in [-0.25, -0.2) is 0 Å². The smallest absolute Gasteiger partial charge is 0.237 e.